The summed E-state index contributed by atoms with van der Waals surface area (Å²) in [6.07, 6.45) is 62.4. The Labute approximate surface area is 376 Å². The number of amides is 1. The molecule has 0 radical (unpaired) electrons. The summed E-state index contributed by atoms with van der Waals surface area (Å²) in [5.41, 5.74) is 0. The van der Waals surface area contributed by atoms with Crippen LogP contribution in [0.15, 0.2) is 85.1 Å². The number of unbranched alkanes of at least 4 members (excludes halogenated alkanes) is 24. The second kappa shape index (κ2) is 48.1. The first-order valence-corrected chi connectivity index (χ1v) is 25.4. The maximum atomic E-state index is 13.1. The Kier molecular flexibility index (Phi) is 45.7. The summed E-state index contributed by atoms with van der Waals surface area (Å²) in [6, 6.07) is -0.746. The van der Waals surface area contributed by atoms with Gasteiger partial charge in [0.25, 0.3) is 0 Å². The predicted molar refractivity (Wildman–Crippen MR) is 264 cm³/mol. The number of aliphatic hydroxyl groups excluding tert-OH is 2. The van der Waals surface area contributed by atoms with Crippen molar-refractivity contribution in [3.63, 3.8) is 0 Å². The van der Waals surface area contributed by atoms with Gasteiger partial charge in [0.2, 0.25) is 5.91 Å². The second-order valence-corrected chi connectivity index (χ2v) is 17.0. The number of rotatable bonds is 44. The first kappa shape index (κ1) is 58.0. The number of aliphatic hydroxyl groups is 2. The molecule has 0 aromatic rings. The molecule has 3 N–H and O–H groups in total. The van der Waals surface area contributed by atoms with Gasteiger partial charge in [-0.05, 0) is 44.9 Å². The van der Waals surface area contributed by atoms with E-state index in [0.717, 1.165) is 64.2 Å². The lowest BCUT2D eigenvalue weighted by molar-refractivity contribution is -0.150. The molecule has 0 aliphatic heterocycles. The van der Waals surface area contributed by atoms with Crippen LogP contribution in [0.4, 0.5) is 0 Å². The summed E-state index contributed by atoms with van der Waals surface area (Å²) >= 11 is 0. The molecule has 61 heavy (non-hydrogen) atoms. The summed E-state index contributed by atoms with van der Waals surface area (Å²) in [7, 11) is 0. The molecule has 0 aromatic heterocycles. The van der Waals surface area contributed by atoms with Crippen molar-refractivity contribution >= 4 is 11.9 Å². The monoisotopic (exact) mass is 850 g/mol. The van der Waals surface area contributed by atoms with E-state index in [2.05, 4.69) is 56.5 Å². The van der Waals surface area contributed by atoms with Crippen LogP contribution >= 0.6 is 0 Å². The molecule has 0 rings (SSSR count). The van der Waals surface area contributed by atoms with Gasteiger partial charge in [0, 0.05) is 12.8 Å². The molecule has 0 saturated carbocycles. The molecule has 0 aromatic carbocycles. The van der Waals surface area contributed by atoms with Gasteiger partial charge in [0.05, 0.1) is 25.2 Å². The highest BCUT2D eigenvalue weighted by Gasteiger charge is 2.23. The Balaban J connectivity index is 4.66. The molecule has 3 unspecified atom stereocenters. The van der Waals surface area contributed by atoms with Crippen molar-refractivity contribution < 1.29 is 24.5 Å². The molecule has 6 heteroatoms. The third-order valence-corrected chi connectivity index (χ3v) is 11.1. The SMILES string of the molecule is CC/C=C/C=C/C=C\C=C/C=C/CC(CC(=O)NC(CO)C(O)CCCCCCCCCCCCCCC)OC(=O)CCCCCCC/C=C/C=C/CCCCCCCCC. The van der Waals surface area contributed by atoms with E-state index in [1.54, 1.807) is 0 Å². The van der Waals surface area contributed by atoms with Crippen LogP contribution in [-0.4, -0.2) is 46.9 Å². The highest BCUT2D eigenvalue weighted by Crippen LogP contribution is 2.16. The van der Waals surface area contributed by atoms with Gasteiger partial charge in [-0.15, -0.1) is 0 Å². The van der Waals surface area contributed by atoms with E-state index in [1.807, 2.05) is 54.7 Å². The molecule has 0 bridgehead atoms. The zero-order valence-electron chi connectivity index (χ0n) is 39.8. The third kappa shape index (κ3) is 43.5. The lowest BCUT2D eigenvalue weighted by Crippen LogP contribution is -2.46. The van der Waals surface area contributed by atoms with Crippen molar-refractivity contribution in [2.24, 2.45) is 0 Å². The van der Waals surface area contributed by atoms with E-state index in [4.69, 9.17) is 4.74 Å². The van der Waals surface area contributed by atoms with Crippen molar-refractivity contribution in [3.8, 4) is 0 Å². The van der Waals surface area contributed by atoms with Crippen LogP contribution in [-0.2, 0) is 14.3 Å². The van der Waals surface area contributed by atoms with Gasteiger partial charge in [-0.2, -0.15) is 0 Å². The quantitative estimate of drug-likeness (QED) is 0.0322. The van der Waals surface area contributed by atoms with Crippen LogP contribution in [0.2, 0.25) is 0 Å². The Morgan fingerprint density at radius 2 is 0.918 bits per heavy atom. The molecular weight excluding hydrogens is 755 g/mol. The molecule has 0 heterocycles. The molecular formula is C55H95NO5. The maximum Gasteiger partial charge on any atom is 0.306 e. The third-order valence-electron chi connectivity index (χ3n) is 11.1. The standard InChI is InChI=1S/C55H95NO5/c1-4-7-10-13-16-19-22-24-25-26-27-28-30-33-36-39-42-45-48-55(60)61-51(46-43-40-37-34-31-21-18-15-12-9-6-3)49-54(59)56-52(50-57)53(58)47-44-41-38-35-32-29-23-20-17-14-11-8-5-2/h9,12,15,18,21,25-28,31,34,37,40,43,51-53,57-58H,4-8,10-11,13-14,16-17,19-20,22-24,29-30,32-33,35-36,38-39,41-42,44-50H2,1-3H3,(H,56,59)/b12-9+,18-15+,26-25+,28-27+,31-21-,37-34-,43-40+. The number of esters is 1. The number of hydrogen-bond acceptors (Lipinski definition) is 5. The highest BCUT2D eigenvalue weighted by atomic mass is 16.5. The predicted octanol–water partition coefficient (Wildman–Crippen LogP) is 15.2. The Morgan fingerprint density at radius 3 is 1.39 bits per heavy atom. The average molecular weight is 850 g/mol. The second-order valence-electron chi connectivity index (χ2n) is 17.0. The summed E-state index contributed by atoms with van der Waals surface area (Å²) in [5, 5.41) is 23.7. The van der Waals surface area contributed by atoms with Crippen molar-refractivity contribution in [2.45, 2.75) is 244 Å². The smallest absolute Gasteiger partial charge is 0.306 e. The van der Waals surface area contributed by atoms with Gasteiger partial charge in [-0.1, -0.05) is 247 Å². The summed E-state index contributed by atoms with van der Waals surface area (Å²) in [6.45, 7) is 6.28. The zero-order chi connectivity index (χ0) is 44.5. The van der Waals surface area contributed by atoms with Crippen LogP contribution in [0.5, 0.6) is 0 Å². The molecule has 0 saturated heterocycles. The van der Waals surface area contributed by atoms with Gasteiger partial charge in [0.1, 0.15) is 6.10 Å². The van der Waals surface area contributed by atoms with Crippen LogP contribution in [0.3, 0.4) is 0 Å². The van der Waals surface area contributed by atoms with Crippen LogP contribution in [0.1, 0.15) is 226 Å². The van der Waals surface area contributed by atoms with Crippen LogP contribution < -0.4 is 5.32 Å². The average Bonchev–Trinajstić information content (AvgIpc) is 3.25. The molecule has 0 aliphatic rings. The fourth-order valence-corrected chi connectivity index (χ4v) is 7.27. The normalized spacial score (nSPS) is 14.0. The minimum absolute atomic E-state index is 0.0282. The van der Waals surface area contributed by atoms with Crippen molar-refractivity contribution in [1.29, 1.82) is 0 Å². The van der Waals surface area contributed by atoms with Crippen molar-refractivity contribution in [3.05, 3.63) is 85.1 Å². The molecule has 1 amide bonds. The number of nitrogens with one attached hydrogen (secondary N) is 1. The van der Waals surface area contributed by atoms with Gasteiger partial charge in [-0.3, -0.25) is 9.59 Å². The maximum absolute atomic E-state index is 13.1. The Morgan fingerprint density at radius 1 is 0.508 bits per heavy atom. The topological polar surface area (TPSA) is 95.9 Å². The molecule has 3 atom stereocenters. The Hall–Kier alpha value is -2.96. The van der Waals surface area contributed by atoms with Gasteiger partial charge in [-0.25, -0.2) is 0 Å². The van der Waals surface area contributed by atoms with Gasteiger partial charge < -0.3 is 20.3 Å². The lowest BCUT2D eigenvalue weighted by atomic mass is 10.0. The number of carbonyl (C=O) groups excluding carboxylic acids is 2. The first-order chi connectivity index (χ1) is 30.0. The first-order valence-electron chi connectivity index (χ1n) is 25.4. The number of allylic oxidation sites excluding steroid dienone is 13. The van der Waals surface area contributed by atoms with Crippen molar-refractivity contribution in [2.75, 3.05) is 6.61 Å². The summed E-state index contributed by atoms with van der Waals surface area (Å²) in [5.74, 6) is -0.629. The Bertz CT molecular complexity index is 1180. The summed E-state index contributed by atoms with van der Waals surface area (Å²) < 4.78 is 5.83. The number of ether oxygens (including phenoxy) is 1. The number of hydrogen-bond donors (Lipinski definition) is 3. The number of carbonyl (C=O) groups is 2. The lowest BCUT2D eigenvalue weighted by Gasteiger charge is -2.24. The largest absolute Gasteiger partial charge is 0.461 e. The van der Waals surface area contributed by atoms with Crippen molar-refractivity contribution in [1.82, 2.24) is 5.32 Å². The minimum atomic E-state index is -0.823. The molecule has 0 fully saturated rings. The van der Waals surface area contributed by atoms with E-state index < -0.39 is 18.2 Å². The van der Waals surface area contributed by atoms with E-state index >= 15 is 0 Å². The zero-order valence-corrected chi connectivity index (χ0v) is 39.8. The van der Waals surface area contributed by atoms with Crippen LogP contribution in [0, 0.1) is 0 Å². The molecule has 350 valence electrons. The fourth-order valence-electron chi connectivity index (χ4n) is 7.27. The van der Waals surface area contributed by atoms with Gasteiger partial charge in [0.15, 0.2) is 0 Å². The highest BCUT2D eigenvalue weighted by molar-refractivity contribution is 5.77. The van der Waals surface area contributed by atoms with E-state index in [-0.39, 0.29) is 24.9 Å². The van der Waals surface area contributed by atoms with Gasteiger partial charge >= 0.3 is 5.97 Å². The van der Waals surface area contributed by atoms with E-state index in [1.165, 1.54) is 116 Å². The fraction of sp³-hybridized carbons (Fsp3) is 0.709. The molecule has 6 nitrogen and oxygen atoms in total. The van der Waals surface area contributed by atoms with E-state index in [9.17, 15) is 19.8 Å². The molecule has 0 aliphatic carbocycles. The minimum Gasteiger partial charge on any atom is -0.461 e. The molecule has 0 spiro atoms. The van der Waals surface area contributed by atoms with Crippen LogP contribution in [0.25, 0.3) is 0 Å². The van der Waals surface area contributed by atoms with E-state index in [0.29, 0.717) is 19.3 Å². The summed E-state index contributed by atoms with van der Waals surface area (Å²) in [4.78, 5) is 26.0.